The van der Waals surface area contributed by atoms with Crippen molar-refractivity contribution in [3.05, 3.63) is 57.6 Å². The molecule has 0 spiro atoms. The SMILES string of the molecule is Cc1c(NC(=O)CCCOc2cccc(Cl)c2Cl)cccc1C(=O)N1CCCC1. The topological polar surface area (TPSA) is 58.6 Å². The zero-order chi connectivity index (χ0) is 20.8. The molecule has 2 amide bonds. The Kier molecular flexibility index (Phi) is 7.40. The number of likely N-dealkylation sites (tertiary alicyclic amines) is 1. The number of nitrogens with one attached hydrogen (secondary N) is 1. The number of ether oxygens (including phenoxy) is 1. The smallest absolute Gasteiger partial charge is 0.254 e. The number of anilines is 1. The summed E-state index contributed by atoms with van der Waals surface area (Å²) >= 11 is 12.0. The van der Waals surface area contributed by atoms with Crippen LogP contribution in [0.3, 0.4) is 0 Å². The van der Waals surface area contributed by atoms with Gasteiger partial charge in [-0.25, -0.2) is 0 Å². The van der Waals surface area contributed by atoms with Crippen LogP contribution in [-0.4, -0.2) is 36.4 Å². The molecule has 1 aliphatic rings. The zero-order valence-electron chi connectivity index (χ0n) is 16.3. The zero-order valence-corrected chi connectivity index (χ0v) is 17.9. The van der Waals surface area contributed by atoms with Crippen LogP contribution in [0.5, 0.6) is 5.75 Å². The van der Waals surface area contributed by atoms with Gasteiger partial charge in [0.1, 0.15) is 10.8 Å². The van der Waals surface area contributed by atoms with Gasteiger partial charge in [-0.2, -0.15) is 0 Å². The van der Waals surface area contributed by atoms with Crippen molar-refractivity contribution in [3.63, 3.8) is 0 Å². The molecule has 1 N–H and O–H groups in total. The molecule has 0 aliphatic carbocycles. The fraction of sp³-hybridized carbons (Fsp3) is 0.364. The Hall–Kier alpha value is -2.24. The van der Waals surface area contributed by atoms with Gasteiger partial charge in [0.2, 0.25) is 5.91 Å². The van der Waals surface area contributed by atoms with Crippen molar-refractivity contribution in [1.82, 2.24) is 4.90 Å². The van der Waals surface area contributed by atoms with Gasteiger partial charge in [-0.3, -0.25) is 9.59 Å². The first kappa shape index (κ1) is 21.5. The highest BCUT2D eigenvalue weighted by Crippen LogP contribution is 2.31. The summed E-state index contributed by atoms with van der Waals surface area (Å²) in [5, 5.41) is 3.70. The number of halogens is 2. The third kappa shape index (κ3) is 5.43. The molecule has 3 rings (SSSR count). The molecule has 1 saturated heterocycles. The van der Waals surface area contributed by atoms with Crippen molar-refractivity contribution in [3.8, 4) is 5.75 Å². The van der Waals surface area contributed by atoms with Crippen molar-refractivity contribution in [2.24, 2.45) is 0 Å². The number of nitrogens with zero attached hydrogens (tertiary/aromatic N) is 1. The average Bonchev–Trinajstić information content (AvgIpc) is 3.24. The summed E-state index contributed by atoms with van der Waals surface area (Å²) < 4.78 is 5.60. The highest BCUT2D eigenvalue weighted by Gasteiger charge is 2.22. The summed E-state index contributed by atoms with van der Waals surface area (Å²) in [7, 11) is 0. The number of carbonyl (C=O) groups is 2. The summed E-state index contributed by atoms with van der Waals surface area (Å²) in [5.74, 6) is 0.408. The van der Waals surface area contributed by atoms with Crippen molar-refractivity contribution in [2.45, 2.75) is 32.6 Å². The van der Waals surface area contributed by atoms with E-state index in [2.05, 4.69) is 5.32 Å². The second-order valence-electron chi connectivity index (χ2n) is 7.03. The molecule has 0 saturated carbocycles. The molecule has 1 aliphatic heterocycles. The quantitative estimate of drug-likeness (QED) is 0.598. The summed E-state index contributed by atoms with van der Waals surface area (Å²) in [6.07, 6.45) is 2.91. The highest BCUT2D eigenvalue weighted by atomic mass is 35.5. The molecule has 154 valence electrons. The minimum absolute atomic E-state index is 0.0305. The summed E-state index contributed by atoms with van der Waals surface area (Å²) in [6.45, 7) is 3.81. The summed E-state index contributed by atoms with van der Waals surface area (Å²) in [6, 6.07) is 10.6. The number of benzene rings is 2. The van der Waals surface area contributed by atoms with E-state index in [9.17, 15) is 9.59 Å². The van der Waals surface area contributed by atoms with Gasteiger partial charge in [0.05, 0.1) is 11.6 Å². The van der Waals surface area contributed by atoms with Crippen molar-refractivity contribution < 1.29 is 14.3 Å². The van der Waals surface area contributed by atoms with E-state index in [-0.39, 0.29) is 11.8 Å². The molecule has 29 heavy (non-hydrogen) atoms. The van der Waals surface area contributed by atoms with Crippen molar-refractivity contribution in [1.29, 1.82) is 0 Å². The number of rotatable bonds is 7. The largest absolute Gasteiger partial charge is 0.492 e. The fourth-order valence-electron chi connectivity index (χ4n) is 3.32. The monoisotopic (exact) mass is 434 g/mol. The maximum absolute atomic E-state index is 12.7. The lowest BCUT2D eigenvalue weighted by molar-refractivity contribution is -0.116. The lowest BCUT2D eigenvalue weighted by Crippen LogP contribution is -2.28. The summed E-state index contributed by atoms with van der Waals surface area (Å²) in [4.78, 5) is 26.9. The molecular formula is C22H24Cl2N2O3. The molecule has 0 bridgehead atoms. The molecule has 7 heteroatoms. The molecule has 2 aromatic rings. The van der Waals surface area contributed by atoms with Crippen LogP contribution in [0.2, 0.25) is 10.0 Å². The third-order valence-electron chi connectivity index (χ3n) is 4.95. The Balaban J connectivity index is 1.52. The molecule has 2 aromatic carbocycles. The van der Waals surface area contributed by atoms with Gasteiger partial charge in [0.15, 0.2) is 0 Å². The van der Waals surface area contributed by atoms with E-state index in [0.717, 1.165) is 31.5 Å². The van der Waals surface area contributed by atoms with Gasteiger partial charge in [0.25, 0.3) is 5.91 Å². The third-order valence-corrected chi connectivity index (χ3v) is 5.76. The van der Waals surface area contributed by atoms with E-state index in [1.165, 1.54) is 0 Å². The minimum atomic E-state index is -0.125. The number of amides is 2. The van der Waals surface area contributed by atoms with Crippen molar-refractivity contribution in [2.75, 3.05) is 25.0 Å². The van der Waals surface area contributed by atoms with Gasteiger partial charge in [-0.1, -0.05) is 35.3 Å². The Morgan fingerprint density at radius 3 is 2.59 bits per heavy atom. The minimum Gasteiger partial charge on any atom is -0.492 e. The normalized spacial score (nSPS) is 13.4. The Morgan fingerprint density at radius 1 is 1.10 bits per heavy atom. The van der Waals surface area contributed by atoms with E-state index >= 15 is 0 Å². The fourth-order valence-corrected chi connectivity index (χ4v) is 3.66. The number of carbonyl (C=O) groups excluding carboxylic acids is 2. The second-order valence-corrected chi connectivity index (χ2v) is 7.81. The van der Waals surface area contributed by atoms with Crippen molar-refractivity contribution >= 4 is 40.7 Å². The van der Waals surface area contributed by atoms with E-state index in [1.54, 1.807) is 24.3 Å². The first-order valence-corrected chi connectivity index (χ1v) is 10.5. The van der Waals surface area contributed by atoms with Crippen LogP contribution in [0.1, 0.15) is 41.6 Å². The summed E-state index contributed by atoms with van der Waals surface area (Å²) in [5.41, 5.74) is 2.10. The number of hydrogen-bond acceptors (Lipinski definition) is 3. The van der Waals surface area contributed by atoms with E-state index in [1.807, 2.05) is 24.0 Å². The maximum Gasteiger partial charge on any atom is 0.254 e. The van der Waals surface area contributed by atoms with Crippen LogP contribution in [0.4, 0.5) is 5.69 Å². The highest BCUT2D eigenvalue weighted by molar-refractivity contribution is 6.42. The maximum atomic E-state index is 12.7. The lowest BCUT2D eigenvalue weighted by Gasteiger charge is -2.18. The molecule has 0 atom stereocenters. The molecular weight excluding hydrogens is 411 g/mol. The first-order chi connectivity index (χ1) is 14.0. The predicted octanol–water partition coefficient (Wildman–Crippen LogP) is 5.34. The van der Waals surface area contributed by atoms with Gasteiger partial charge in [-0.05, 0) is 56.0 Å². The van der Waals surface area contributed by atoms with Gasteiger partial charge in [-0.15, -0.1) is 0 Å². The Bertz CT molecular complexity index is 896. The van der Waals surface area contributed by atoms with Crippen LogP contribution >= 0.6 is 23.2 Å². The molecule has 1 heterocycles. The lowest BCUT2D eigenvalue weighted by atomic mass is 10.1. The van der Waals surface area contributed by atoms with E-state index in [0.29, 0.717) is 46.5 Å². The van der Waals surface area contributed by atoms with E-state index < -0.39 is 0 Å². The first-order valence-electron chi connectivity index (χ1n) is 9.73. The van der Waals surface area contributed by atoms with E-state index in [4.69, 9.17) is 27.9 Å². The average molecular weight is 435 g/mol. The van der Waals surface area contributed by atoms with Crippen LogP contribution in [0, 0.1) is 6.92 Å². The Labute approximate surface area is 180 Å². The standard InChI is InChI=1S/C22H24Cl2N2O3/c1-15-16(22(28)26-12-2-3-13-26)7-4-9-18(15)25-20(27)11-6-14-29-19-10-5-8-17(23)21(19)24/h4-5,7-10H,2-3,6,11-14H2,1H3,(H,25,27). The molecule has 5 nitrogen and oxygen atoms in total. The number of hydrogen-bond donors (Lipinski definition) is 1. The molecule has 0 unspecified atom stereocenters. The Morgan fingerprint density at radius 2 is 1.83 bits per heavy atom. The van der Waals surface area contributed by atoms with Crippen LogP contribution < -0.4 is 10.1 Å². The van der Waals surface area contributed by atoms with Gasteiger partial charge < -0.3 is 15.0 Å². The van der Waals surface area contributed by atoms with Crippen LogP contribution in [-0.2, 0) is 4.79 Å². The van der Waals surface area contributed by atoms with Gasteiger partial charge >= 0.3 is 0 Å². The predicted molar refractivity (Wildman–Crippen MR) is 116 cm³/mol. The second kappa shape index (κ2) is 9.99. The molecule has 0 radical (unpaired) electrons. The molecule has 1 fully saturated rings. The molecule has 0 aromatic heterocycles. The van der Waals surface area contributed by atoms with Crippen LogP contribution in [0.25, 0.3) is 0 Å². The van der Waals surface area contributed by atoms with Gasteiger partial charge in [0, 0.05) is 30.8 Å². The van der Waals surface area contributed by atoms with Crippen LogP contribution in [0.15, 0.2) is 36.4 Å².